The highest BCUT2D eigenvalue weighted by atomic mass is 19.1. The van der Waals surface area contributed by atoms with Crippen molar-refractivity contribution in [1.29, 1.82) is 0 Å². The molecule has 0 saturated carbocycles. The first kappa shape index (κ1) is 15.9. The number of hydrogen-bond acceptors (Lipinski definition) is 3. The van der Waals surface area contributed by atoms with Crippen LogP contribution < -0.4 is 10.6 Å². The molecule has 4 heteroatoms. The van der Waals surface area contributed by atoms with Crippen LogP contribution in [0.4, 0.5) is 10.1 Å². The first-order valence-corrected chi connectivity index (χ1v) is 6.98. The molecule has 0 fully saturated rings. The van der Waals surface area contributed by atoms with Crippen LogP contribution in [0.25, 0.3) is 0 Å². The summed E-state index contributed by atoms with van der Waals surface area (Å²) < 4.78 is 14.0. The van der Waals surface area contributed by atoms with Gasteiger partial charge in [-0.1, -0.05) is 19.9 Å². The Balaban J connectivity index is 3.25. The minimum absolute atomic E-state index is 0.0470. The van der Waals surface area contributed by atoms with Crippen LogP contribution in [0.5, 0.6) is 0 Å². The van der Waals surface area contributed by atoms with Gasteiger partial charge in [0.1, 0.15) is 5.82 Å². The van der Waals surface area contributed by atoms with E-state index in [9.17, 15) is 9.50 Å². The summed E-state index contributed by atoms with van der Waals surface area (Å²) >= 11 is 0. The van der Waals surface area contributed by atoms with Crippen molar-refractivity contribution in [2.45, 2.75) is 45.7 Å². The van der Waals surface area contributed by atoms with E-state index in [-0.39, 0.29) is 24.5 Å². The van der Waals surface area contributed by atoms with Gasteiger partial charge in [0.2, 0.25) is 0 Å². The van der Waals surface area contributed by atoms with E-state index in [2.05, 4.69) is 18.7 Å². The molecule has 0 aliphatic heterocycles. The van der Waals surface area contributed by atoms with E-state index in [4.69, 9.17) is 5.73 Å². The zero-order valence-electron chi connectivity index (χ0n) is 12.1. The number of rotatable bonds is 7. The minimum atomic E-state index is -0.369. The Bertz CT molecular complexity index is 392. The van der Waals surface area contributed by atoms with Gasteiger partial charge < -0.3 is 15.7 Å². The summed E-state index contributed by atoms with van der Waals surface area (Å²) in [4.78, 5) is 2.07. The third-order valence-electron chi connectivity index (χ3n) is 3.52. The van der Waals surface area contributed by atoms with Crippen LogP contribution in [0.2, 0.25) is 0 Å². The summed E-state index contributed by atoms with van der Waals surface area (Å²) in [5.74, 6) is -0.276. The van der Waals surface area contributed by atoms with Crippen LogP contribution in [0.15, 0.2) is 18.2 Å². The maximum atomic E-state index is 14.0. The fourth-order valence-corrected chi connectivity index (χ4v) is 2.56. The molecule has 0 heterocycles. The zero-order chi connectivity index (χ0) is 14.4. The number of nitrogens with two attached hydrogens (primary N) is 1. The number of benzene rings is 1. The third-order valence-corrected chi connectivity index (χ3v) is 3.52. The molecule has 1 atom stereocenters. The number of aliphatic hydroxyl groups excluding tert-OH is 1. The van der Waals surface area contributed by atoms with Crippen LogP contribution in [-0.4, -0.2) is 24.3 Å². The van der Waals surface area contributed by atoms with Gasteiger partial charge >= 0.3 is 0 Å². The Morgan fingerprint density at radius 1 is 1.32 bits per heavy atom. The van der Waals surface area contributed by atoms with Gasteiger partial charge in [0.25, 0.3) is 0 Å². The second-order valence-corrected chi connectivity index (χ2v) is 4.85. The molecule has 108 valence electrons. The Hall–Kier alpha value is -1.13. The molecule has 0 amide bonds. The lowest BCUT2D eigenvalue weighted by molar-refractivity contribution is 0.295. The van der Waals surface area contributed by atoms with E-state index in [1.54, 1.807) is 13.0 Å². The molecule has 3 N–H and O–H groups in total. The summed E-state index contributed by atoms with van der Waals surface area (Å²) in [5.41, 5.74) is 7.24. The second-order valence-electron chi connectivity index (χ2n) is 4.85. The number of aliphatic hydroxyl groups is 1. The van der Waals surface area contributed by atoms with Crippen molar-refractivity contribution in [2.24, 2.45) is 5.73 Å². The molecule has 1 aromatic rings. The molecule has 19 heavy (non-hydrogen) atoms. The predicted molar refractivity (Wildman–Crippen MR) is 77.8 cm³/mol. The average Bonchev–Trinajstić information content (AvgIpc) is 2.38. The summed E-state index contributed by atoms with van der Waals surface area (Å²) in [5, 5.41) is 9.27. The maximum Gasteiger partial charge on any atom is 0.130 e. The Labute approximate surface area is 115 Å². The van der Waals surface area contributed by atoms with Crippen LogP contribution >= 0.6 is 0 Å². The van der Waals surface area contributed by atoms with Gasteiger partial charge in [-0.05, 0) is 31.9 Å². The third kappa shape index (κ3) is 3.67. The van der Waals surface area contributed by atoms with Crippen molar-refractivity contribution in [3.05, 3.63) is 29.6 Å². The van der Waals surface area contributed by atoms with Crippen molar-refractivity contribution >= 4 is 5.69 Å². The monoisotopic (exact) mass is 268 g/mol. The minimum Gasteiger partial charge on any atom is -0.395 e. The Morgan fingerprint density at radius 3 is 2.42 bits per heavy atom. The average molecular weight is 268 g/mol. The summed E-state index contributed by atoms with van der Waals surface area (Å²) in [7, 11) is 0. The summed E-state index contributed by atoms with van der Waals surface area (Å²) in [6.45, 7) is 6.53. The van der Waals surface area contributed by atoms with Crippen LogP contribution in [-0.2, 0) is 0 Å². The molecule has 0 bridgehead atoms. The Kier molecular flexibility index (Phi) is 6.25. The number of anilines is 1. The lowest BCUT2D eigenvalue weighted by Crippen LogP contribution is -2.38. The molecule has 0 radical (unpaired) electrons. The van der Waals surface area contributed by atoms with Gasteiger partial charge in [0.05, 0.1) is 6.61 Å². The Morgan fingerprint density at radius 2 is 1.95 bits per heavy atom. The maximum absolute atomic E-state index is 14.0. The molecular formula is C15H25FN2O. The normalized spacial score (nSPS) is 12.8. The molecule has 0 aromatic heterocycles. The topological polar surface area (TPSA) is 49.5 Å². The largest absolute Gasteiger partial charge is 0.395 e. The first-order chi connectivity index (χ1) is 9.06. The fourth-order valence-electron chi connectivity index (χ4n) is 2.56. The molecule has 1 rings (SSSR count). The highest BCUT2D eigenvalue weighted by Crippen LogP contribution is 2.30. The molecule has 0 aliphatic carbocycles. The lowest BCUT2D eigenvalue weighted by Gasteiger charge is -2.34. The molecule has 3 nitrogen and oxygen atoms in total. The highest BCUT2D eigenvalue weighted by Gasteiger charge is 2.21. The molecule has 0 saturated heterocycles. The van der Waals surface area contributed by atoms with E-state index >= 15 is 0 Å². The van der Waals surface area contributed by atoms with Crippen molar-refractivity contribution < 1.29 is 9.50 Å². The van der Waals surface area contributed by atoms with Crippen molar-refractivity contribution in [3.63, 3.8) is 0 Å². The SMILES string of the molecule is CCC(CC)N(CCO)c1cccc(F)c1[C@@H](C)N. The molecule has 0 unspecified atom stereocenters. The van der Waals surface area contributed by atoms with E-state index in [0.717, 1.165) is 18.5 Å². The van der Waals surface area contributed by atoms with E-state index in [1.165, 1.54) is 6.07 Å². The van der Waals surface area contributed by atoms with Gasteiger partial charge in [-0.15, -0.1) is 0 Å². The lowest BCUT2D eigenvalue weighted by atomic mass is 10.0. The second kappa shape index (κ2) is 7.46. The smallest absolute Gasteiger partial charge is 0.130 e. The van der Waals surface area contributed by atoms with E-state index < -0.39 is 0 Å². The molecular weight excluding hydrogens is 243 g/mol. The first-order valence-electron chi connectivity index (χ1n) is 6.98. The van der Waals surface area contributed by atoms with E-state index in [0.29, 0.717) is 12.1 Å². The summed E-state index contributed by atoms with van der Waals surface area (Å²) in [6, 6.07) is 4.93. The number of hydrogen-bond donors (Lipinski definition) is 2. The van der Waals surface area contributed by atoms with Gasteiger partial charge in [0, 0.05) is 29.9 Å². The summed E-state index contributed by atoms with van der Waals surface area (Å²) in [6.07, 6.45) is 1.90. The highest BCUT2D eigenvalue weighted by molar-refractivity contribution is 5.56. The quantitative estimate of drug-likeness (QED) is 0.799. The van der Waals surface area contributed by atoms with Crippen LogP contribution in [0, 0.1) is 5.82 Å². The number of nitrogens with zero attached hydrogens (tertiary/aromatic N) is 1. The van der Waals surface area contributed by atoms with Gasteiger partial charge in [-0.3, -0.25) is 0 Å². The standard InChI is InChI=1S/C15H25FN2O/c1-4-12(5-2)18(9-10-19)14-8-6-7-13(16)15(14)11(3)17/h6-8,11-12,19H,4-5,9-10,17H2,1-3H3/t11-/m1/s1. The van der Waals surface area contributed by atoms with Crippen LogP contribution in [0.1, 0.15) is 45.2 Å². The predicted octanol–water partition coefficient (Wildman–Crippen LogP) is 2.83. The number of halogens is 1. The fraction of sp³-hybridized carbons (Fsp3) is 0.600. The molecule has 0 spiro atoms. The van der Waals surface area contributed by atoms with Gasteiger partial charge in [-0.25, -0.2) is 4.39 Å². The van der Waals surface area contributed by atoms with Gasteiger partial charge in [-0.2, -0.15) is 0 Å². The van der Waals surface area contributed by atoms with Crippen molar-refractivity contribution in [2.75, 3.05) is 18.1 Å². The zero-order valence-corrected chi connectivity index (χ0v) is 12.1. The van der Waals surface area contributed by atoms with Gasteiger partial charge in [0.15, 0.2) is 0 Å². The van der Waals surface area contributed by atoms with Crippen LogP contribution in [0.3, 0.4) is 0 Å². The van der Waals surface area contributed by atoms with E-state index in [1.807, 2.05) is 6.07 Å². The van der Waals surface area contributed by atoms with Crippen molar-refractivity contribution in [3.8, 4) is 0 Å². The molecule has 1 aromatic carbocycles. The molecule has 0 aliphatic rings. The van der Waals surface area contributed by atoms with Crippen molar-refractivity contribution in [1.82, 2.24) is 0 Å².